The van der Waals surface area contributed by atoms with Crippen molar-refractivity contribution in [2.75, 3.05) is 24.1 Å². The normalized spacial score (nSPS) is 14.8. The van der Waals surface area contributed by atoms with E-state index in [1.807, 2.05) is 0 Å². The molecule has 1 aromatic heterocycles. The van der Waals surface area contributed by atoms with Crippen LogP contribution < -0.4 is 15.8 Å². The Morgan fingerprint density at radius 2 is 2.00 bits per heavy atom. The summed E-state index contributed by atoms with van der Waals surface area (Å²) >= 11 is 6.32. The van der Waals surface area contributed by atoms with E-state index in [1.54, 1.807) is 12.1 Å². The van der Waals surface area contributed by atoms with Gasteiger partial charge in [0, 0.05) is 37.2 Å². The number of rotatable bonds is 5. The van der Waals surface area contributed by atoms with E-state index in [1.165, 1.54) is 23.1 Å². The standard InChI is InChI=1S/C21H20ClF3N6O3/c22-16-10-12(27-19-28-18(26)29-30-19)9-15(21(23,24)25)17(16)11-2-1-3-14(8-11)34-13-4-6-31(7-5-13)20(32)33/h1-3,8-10,13H,4-7H2,(H,32,33)(H4,26,27,28,29,30). The van der Waals surface area contributed by atoms with Crippen molar-refractivity contribution in [1.82, 2.24) is 20.1 Å². The Balaban J connectivity index is 1.61. The molecule has 3 aromatic rings. The number of carboxylic acid groups (broad SMARTS) is 1. The van der Waals surface area contributed by atoms with Crippen LogP contribution in [0, 0.1) is 0 Å². The molecule has 0 atom stereocenters. The van der Waals surface area contributed by atoms with Crippen molar-refractivity contribution >= 4 is 35.3 Å². The maximum Gasteiger partial charge on any atom is 0.417 e. The number of likely N-dealkylation sites (tertiary alicyclic amines) is 1. The lowest BCUT2D eigenvalue weighted by molar-refractivity contribution is -0.137. The molecule has 180 valence electrons. The molecule has 2 aromatic carbocycles. The smallest absolute Gasteiger partial charge is 0.417 e. The predicted octanol–water partition coefficient (Wildman–Crippen LogP) is 4.99. The predicted molar refractivity (Wildman–Crippen MR) is 119 cm³/mol. The zero-order valence-electron chi connectivity index (χ0n) is 17.6. The van der Waals surface area contributed by atoms with Gasteiger partial charge in [-0.1, -0.05) is 23.7 Å². The molecular weight excluding hydrogens is 477 g/mol. The van der Waals surface area contributed by atoms with Crippen LogP contribution in [0.3, 0.4) is 0 Å². The molecule has 0 spiro atoms. The summed E-state index contributed by atoms with van der Waals surface area (Å²) in [6, 6.07) is 8.48. The molecule has 5 N–H and O–H groups in total. The van der Waals surface area contributed by atoms with E-state index < -0.39 is 17.8 Å². The van der Waals surface area contributed by atoms with Gasteiger partial charge in [-0.2, -0.15) is 18.2 Å². The van der Waals surface area contributed by atoms with Crippen LogP contribution in [0.25, 0.3) is 11.1 Å². The third-order valence-corrected chi connectivity index (χ3v) is 5.59. The van der Waals surface area contributed by atoms with E-state index >= 15 is 0 Å². The van der Waals surface area contributed by atoms with Crippen molar-refractivity contribution in [3.8, 4) is 16.9 Å². The Labute approximate surface area is 196 Å². The maximum absolute atomic E-state index is 14.0. The molecule has 1 amide bonds. The monoisotopic (exact) mass is 496 g/mol. The second-order valence-electron chi connectivity index (χ2n) is 7.66. The average Bonchev–Trinajstić information content (AvgIpc) is 3.17. The number of aromatic nitrogens is 3. The van der Waals surface area contributed by atoms with Gasteiger partial charge in [0.05, 0.1) is 10.6 Å². The van der Waals surface area contributed by atoms with Crippen LogP contribution in [0.4, 0.5) is 35.5 Å². The zero-order valence-corrected chi connectivity index (χ0v) is 18.3. The minimum absolute atomic E-state index is 0.00113. The lowest BCUT2D eigenvalue weighted by atomic mass is 9.98. The number of amides is 1. The van der Waals surface area contributed by atoms with E-state index in [0.717, 1.165) is 6.07 Å². The van der Waals surface area contributed by atoms with Gasteiger partial charge in [0.15, 0.2) is 0 Å². The van der Waals surface area contributed by atoms with Gasteiger partial charge < -0.3 is 25.8 Å². The third kappa shape index (κ3) is 5.28. The number of H-pyrrole nitrogens is 1. The number of hydrogen-bond donors (Lipinski definition) is 4. The molecule has 13 heteroatoms. The summed E-state index contributed by atoms with van der Waals surface area (Å²) in [6.45, 7) is 0.656. The second-order valence-corrected chi connectivity index (χ2v) is 8.07. The van der Waals surface area contributed by atoms with E-state index in [0.29, 0.717) is 31.7 Å². The number of benzene rings is 2. The molecular formula is C21H20ClF3N6O3. The number of nitrogen functional groups attached to an aromatic ring is 1. The molecule has 0 saturated carbocycles. The topological polar surface area (TPSA) is 129 Å². The largest absolute Gasteiger partial charge is 0.490 e. The van der Waals surface area contributed by atoms with Crippen LogP contribution in [0.2, 0.25) is 5.02 Å². The summed E-state index contributed by atoms with van der Waals surface area (Å²) in [6.07, 6.45) is -4.97. The number of alkyl halides is 3. The van der Waals surface area contributed by atoms with Crippen molar-refractivity contribution < 1.29 is 27.8 Å². The van der Waals surface area contributed by atoms with Crippen molar-refractivity contribution in [3.63, 3.8) is 0 Å². The fourth-order valence-electron chi connectivity index (χ4n) is 3.74. The van der Waals surface area contributed by atoms with Gasteiger partial charge in [0.1, 0.15) is 11.9 Å². The zero-order chi connectivity index (χ0) is 24.5. The van der Waals surface area contributed by atoms with Crippen LogP contribution in [0.15, 0.2) is 36.4 Å². The third-order valence-electron chi connectivity index (χ3n) is 5.29. The second kappa shape index (κ2) is 9.29. The highest BCUT2D eigenvalue weighted by Gasteiger charge is 2.35. The Kier molecular flexibility index (Phi) is 6.42. The van der Waals surface area contributed by atoms with Crippen LogP contribution in [0.1, 0.15) is 18.4 Å². The van der Waals surface area contributed by atoms with Crippen molar-refractivity contribution in [3.05, 3.63) is 47.0 Å². The Bertz CT molecular complexity index is 1190. The van der Waals surface area contributed by atoms with Crippen LogP contribution in [-0.2, 0) is 6.18 Å². The fourth-order valence-corrected chi connectivity index (χ4v) is 4.07. The first-order valence-corrected chi connectivity index (χ1v) is 10.6. The Morgan fingerprint density at radius 1 is 1.26 bits per heavy atom. The van der Waals surface area contributed by atoms with Crippen LogP contribution in [0.5, 0.6) is 5.75 Å². The molecule has 1 fully saturated rings. The Hall–Kier alpha value is -3.67. The molecule has 9 nitrogen and oxygen atoms in total. The highest BCUT2D eigenvalue weighted by Crippen LogP contribution is 2.44. The first-order chi connectivity index (χ1) is 16.1. The number of piperidine rings is 1. The van der Waals surface area contributed by atoms with Gasteiger partial charge in [-0.25, -0.2) is 9.89 Å². The van der Waals surface area contributed by atoms with Crippen LogP contribution in [-0.4, -0.2) is 50.5 Å². The van der Waals surface area contributed by atoms with Crippen molar-refractivity contribution in [2.45, 2.75) is 25.1 Å². The number of nitrogens with two attached hydrogens (primary N) is 1. The van der Waals surface area contributed by atoms with Gasteiger partial charge in [0.25, 0.3) is 0 Å². The number of nitrogens with one attached hydrogen (secondary N) is 2. The van der Waals surface area contributed by atoms with Gasteiger partial charge >= 0.3 is 12.3 Å². The number of nitrogens with zero attached hydrogens (tertiary/aromatic N) is 3. The van der Waals surface area contributed by atoms with E-state index in [2.05, 4.69) is 20.5 Å². The van der Waals surface area contributed by atoms with E-state index in [9.17, 15) is 18.0 Å². The van der Waals surface area contributed by atoms with Crippen molar-refractivity contribution in [2.24, 2.45) is 0 Å². The van der Waals surface area contributed by atoms with Gasteiger partial charge in [-0.15, -0.1) is 5.10 Å². The quantitative estimate of drug-likeness (QED) is 0.391. The van der Waals surface area contributed by atoms with Crippen LogP contribution >= 0.6 is 11.6 Å². The number of anilines is 3. The number of aromatic amines is 1. The summed E-state index contributed by atoms with van der Waals surface area (Å²) in [5.41, 5.74) is 4.57. The summed E-state index contributed by atoms with van der Waals surface area (Å²) in [5, 5.41) is 17.7. The lowest BCUT2D eigenvalue weighted by Gasteiger charge is -2.30. The summed E-state index contributed by atoms with van der Waals surface area (Å²) in [7, 11) is 0. The first kappa shape index (κ1) is 23.5. The number of ether oxygens (including phenoxy) is 1. The number of hydrogen-bond acceptors (Lipinski definition) is 6. The molecule has 0 bridgehead atoms. The molecule has 0 unspecified atom stereocenters. The molecule has 1 saturated heterocycles. The van der Waals surface area contributed by atoms with E-state index in [-0.39, 0.29) is 39.8 Å². The van der Waals surface area contributed by atoms with Gasteiger partial charge in [-0.05, 0) is 29.8 Å². The molecule has 1 aliphatic heterocycles. The highest BCUT2D eigenvalue weighted by molar-refractivity contribution is 6.34. The van der Waals surface area contributed by atoms with Crippen molar-refractivity contribution in [1.29, 1.82) is 0 Å². The summed E-state index contributed by atoms with van der Waals surface area (Å²) in [4.78, 5) is 16.2. The average molecular weight is 497 g/mol. The summed E-state index contributed by atoms with van der Waals surface area (Å²) < 4.78 is 47.9. The van der Waals surface area contributed by atoms with Gasteiger partial charge in [0.2, 0.25) is 11.9 Å². The molecule has 0 aliphatic carbocycles. The fraction of sp³-hybridized carbons (Fsp3) is 0.286. The molecule has 4 rings (SSSR count). The molecule has 0 radical (unpaired) electrons. The van der Waals surface area contributed by atoms with E-state index in [4.69, 9.17) is 27.2 Å². The first-order valence-electron chi connectivity index (χ1n) is 10.2. The minimum atomic E-state index is -4.70. The number of halogens is 4. The summed E-state index contributed by atoms with van der Waals surface area (Å²) in [5.74, 6) is 0.374. The maximum atomic E-state index is 14.0. The minimum Gasteiger partial charge on any atom is -0.490 e. The Morgan fingerprint density at radius 3 is 2.62 bits per heavy atom. The van der Waals surface area contributed by atoms with Gasteiger partial charge in [-0.3, -0.25) is 0 Å². The molecule has 1 aliphatic rings. The number of carbonyl (C=O) groups is 1. The molecule has 2 heterocycles. The SMILES string of the molecule is Nc1nc(Nc2cc(Cl)c(-c3cccc(OC4CCN(C(=O)O)CC4)c3)c(C(F)(F)F)c2)n[nH]1. The lowest BCUT2D eigenvalue weighted by Crippen LogP contribution is -2.41. The highest BCUT2D eigenvalue weighted by atomic mass is 35.5. The molecule has 34 heavy (non-hydrogen) atoms.